The van der Waals surface area contributed by atoms with E-state index in [0.717, 1.165) is 36.7 Å². The summed E-state index contributed by atoms with van der Waals surface area (Å²) in [5.74, 6) is -0.604. The number of ether oxygens (including phenoxy) is 1. The van der Waals surface area contributed by atoms with Crippen LogP contribution in [0.25, 0.3) is 16.7 Å². The van der Waals surface area contributed by atoms with Gasteiger partial charge in [0.05, 0.1) is 18.1 Å². The van der Waals surface area contributed by atoms with Crippen LogP contribution in [-0.4, -0.2) is 22.6 Å². The summed E-state index contributed by atoms with van der Waals surface area (Å²) in [5.41, 5.74) is 1.39. The van der Waals surface area contributed by atoms with Crippen molar-refractivity contribution >= 4 is 22.6 Å². The zero-order chi connectivity index (χ0) is 21.3. The molecular weight excluding hydrogens is 395 g/mol. The first-order valence-corrected chi connectivity index (χ1v) is 9.92. The van der Waals surface area contributed by atoms with E-state index in [4.69, 9.17) is 4.74 Å². The second-order valence-corrected chi connectivity index (χ2v) is 7.49. The molecule has 1 N–H and O–H groups in total. The molecule has 0 saturated heterocycles. The van der Waals surface area contributed by atoms with Crippen LogP contribution in [0.1, 0.15) is 37.9 Å². The monoisotopic (exact) mass is 417 g/mol. The second-order valence-electron chi connectivity index (χ2n) is 7.49. The fourth-order valence-electron chi connectivity index (χ4n) is 3.94. The molecule has 0 radical (unpaired) electrons. The SMILES string of the molecule is COc1ccc2c(c1)nc(C(F)(F)F)n2-c1ccc(NC(=O)C2CCCCC2)cc1. The minimum atomic E-state index is -4.62. The maximum absolute atomic E-state index is 13.6. The zero-order valence-corrected chi connectivity index (χ0v) is 16.5. The van der Waals surface area contributed by atoms with Gasteiger partial charge in [0.15, 0.2) is 0 Å². The number of alkyl halides is 3. The Bertz CT molecular complexity index is 1050. The van der Waals surface area contributed by atoms with Gasteiger partial charge in [-0.2, -0.15) is 13.2 Å². The number of halogens is 3. The van der Waals surface area contributed by atoms with Crippen molar-refractivity contribution in [3.05, 3.63) is 48.3 Å². The quantitative estimate of drug-likeness (QED) is 0.604. The van der Waals surface area contributed by atoms with Gasteiger partial charge in [-0.3, -0.25) is 9.36 Å². The molecule has 1 aliphatic carbocycles. The van der Waals surface area contributed by atoms with Crippen LogP contribution >= 0.6 is 0 Å². The lowest BCUT2D eigenvalue weighted by molar-refractivity contribution is -0.145. The molecule has 8 heteroatoms. The number of hydrogen-bond acceptors (Lipinski definition) is 3. The third kappa shape index (κ3) is 3.99. The predicted octanol–water partition coefficient (Wildman–Crippen LogP) is 5.57. The first kappa shape index (κ1) is 20.3. The number of nitrogens with one attached hydrogen (secondary N) is 1. The number of benzene rings is 2. The van der Waals surface area contributed by atoms with Crippen LogP contribution in [0.2, 0.25) is 0 Å². The molecule has 1 aliphatic rings. The summed E-state index contributed by atoms with van der Waals surface area (Å²) < 4.78 is 47.1. The Labute approximate surface area is 171 Å². The molecule has 0 bridgehead atoms. The Kier molecular flexibility index (Phi) is 5.40. The van der Waals surface area contributed by atoms with E-state index < -0.39 is 12.0 Å². The average molecular weight is 417 g/mol. The van der Waals surface area contributed by atoms with E-state index in [1.54, 1.807) is 36.4 Å². The molecule has 1 saturated carbocycles. The molecule has 1 aromatic heterocycles. The number of carbonyl (C=O) groups is 1. The summed E-state index contributed by atoms with van der Waals surface area (Å²) in [6.07, 6.45) is 0.392. The van der Waals surface area contributed by atoms with Gasteiger partial charge in [-0.05, 0) is 49.2 Å². The van der Waals surface area contributed by atoms with Crippen molar-refractivity contribution in [3.63, 3.8) is 0 Å². The highest BCUT2D eigenvalue weighted by Crippen LogP contribution is 2.35. The molecule has 0 unspecified atom stereocenters. The van der Waals surface area contributed by atoms with E-state index in [1.807, 2.05) is 0 Å². The minimum Gasteiger partial charge on any atom is -0.497 e. The summed E-state index contributed by atoms with van der Waals surface area (Å²) in [6.45, 7) is 0. The normalized spacial score (nSPS) is 15.3. The molecule has 3 aromatic rings. The van der Waals surface area contributed by atoms with Gasteiger partial charge in [-0.25, -0.2) is 4.98 Å². The average Bonchev–Trinajstić information content (AvgIpc) is 3.14. The first-order chi connectivity index (χ1) is 14.4. The van der Waals surface area contributed by atoms with Gasteiger partial charge in [-0.1, -0.05) is 19.3 Å². The van der Waals surface area contributed by atoms with Crippen LogP contribution in [0.4, 0.5) is 18.9 Å². The van der Waals surface area contributed by atoms with Crippen LogP contribution in [0, 0.1) is 5.92 Å². The van der Waals surface area contributed by atoms with Crippen molar-refractivity contribution in [1.29, 1.82) is 0 Å². The Morgan fingerprint density at radius 1 is 1.10 bits per heavy atom. The van der Waals surface area contributed by atoms with E-state index in [2.05, 4.69) is 10.3 Å². The van der Waals surface area contributed by atoms with Gasteiger partial charge in [0, 0.05) is 23.4 Å². The van der Waals surface area contributed by atoms with Crippen molar-refractivity contribution in [2.24, 2.45) is 5.92 Å². The Morgan fingerprint density at radius 2 is 1.80 bits per heavy atom. The molecule has 4 rings (SSSR count). The summed E-state index contributed by atoms with van der Waals surface area (Å²) in [7, 11) is 1.45. The number of amides is 1. The molecule has 1 heterocycles. The molecule has 0 aliphatic heterocycles. The number of fused-ring (bicyclic) bond motifs is 1. The van der Waals surface area contributed by atoms with E-state index in [-0.39, 0.29) is 17.3 Å². The summed E-state index contributed by atoms with van der Waals surface area (Å²) >= 11 is 0. The van der Waals surface area contributed by atoms with Gasteiger partial charge >= 0.3 is 6.18 Å². The van der Waals surface area contributed by atoms with Crippen LogP contribution in [-0.2, 0) is 11.0 Å². The number of carbonyl (C=O) groups excluding carboxylic acids is 1. The van der Waals surface area contributed by atoms with E-state index in [9.17, 15) is 18.0 Å². The van der Waals surface area contributed by atoms with Crippen LogP contribution < -0.4 is 10.1 Å². The maximum Gasteiger partial charge on any atom is 0.450 e. The van der Waals surface area contributed by atoms with Gasteiger partial charge < -0.3 is 10.1 Å². The third-order valence-electron chi connectivity index (χ3n) is 5.48. The smallest absolute Gasteiger partial charge is 0.450 e. The highest BCUT2D eigenvalue weighted by molar-refractivity contribution is 5.92. The minimum absolute atomic E-state index is 0.00262. The molecule has 2 aromatic carbocycles. The molecule has 30 heavy (non-hydrogen) atoms. The van der Waals surface area contributed by atoms with Crippen molar-refractivity contribution in [2.75, 3.05) is 12.4 Å². The first-order valence-electron chi connectivity index (χ1n) is 9.92. The van der Waals surface area contributed by atoms with Gasteiger partial charge in [0.25, 0.3) is 0 Å². The standard InChI is InChI=1S/C22H22F3N3O2/c1-30-17-11-12-19-18(13-17)27-21(22(23,24)25)28(19)16-9-7-15(8-10-16)26-20(29)14-5-3-2-4-6-14/h7-14H,2-6H2,1H3,(H,26,29). The van der Waals surface area contributed by atoms with Gasteiger partial charge in [0.2, 0.25) is 11.7 Å². The zero-order valence-electron chi connectivity index (χ0n) is 16.5. The van der Waals surface area contributed by atoms with E-state index >= 15 is 0 Å². The number of hydrogen-bond donors (Lipinski definition) is 1. The molecular formula is C22H22F3N3O2. The third-order valence-corrected chi connectivity index (χ3v) is 5.48. The van der Waals surface area contributed by atoms with Gasteiger partial charge in [0.1, 0.15) is 5.75 Å². The molecule has 0 atom stereocenters. The summed E-state index contributed by atoms with van der Waals surface area (Å²) in [6, 6.07) is 11.0. The van der Waals surface area contributed by atoms with Crippen molar-refractivity contribution in [3.8, 4) is 11.4 Å². The van der Waals surface area contributed by atoms with Crippen LogP contribution in [0.3, 0.4) is 0 Å². The fraction of sp³-hybridized carbons (Fsp3) is 0.364. The lowest BCUT2D eigenvalue weighted by Crippen LogP contribution is -2.24. The number of anilines is 1. The highest BCUT2D eigenvalue weighted by atomic mass is 19.4. The van der Waals surface area contributed by atoms with E-state index in [0.29, 0.717) is 22.6 Å². The second kappa shape index (κ2) is 8.01. The van der Waals surface area contributed by atoms with Crippen LogP contribution in [0.5, 0.6) is 5.75 Å². The Balaban J connectivity index is 1.65. The molecule has 1 amide bonds. The topological polar surface area (TPSA) is 56.1 Å². The van der Waals surface area contributed by atoms with Gasteiger partial charge in [-0.15, -0.1) is 0 Å². The largest absolute Gasteiger partial charge is 0.497 e. The van der Waals surface area contributed by atoms with Crippen molar-refractivity contribution in [1.82, 2.24) is 9.55 Å². The maximum atomic E-state index is 13.6. The number of aromatic nitrogens is 2. The number of imidazole rings is 1. The summed E-state index contributed by atoms with van der Waals surface area (Å²) in [4.78, 5) is 16.2. The lowest BCUT2D eigenvalue weighted by atomic mass is 9.88. The van der Waals surface area contributed by atoms with Crippen LogP contribution in [0.15, 0.2) is 42.5 Å². The Hall–Kier alpha value is -3.03. The number of rotatable bonds is 4. The predicted molar refractivity (Wildman–Crippen MR) is 108 cm³/mol. The van der Waals surface area contributed by atoms with Crippen molar-refractivity contribution in [2.45, 2.75) is 38.3 Å². The Morgan fingerprint density at radius 3 is 2.43 bits per heavy atom. The fourth-order valence-corrected chi connectivity index (χ4v) is 3.94. The molecule has 158 valence electrons. The lowest BCUT2D eigenvalue weighted by Gasteiger charge is -2.20. The molecule has 5 nitrogen and oxygen atoms in total. The molecule has 1 fully saturated rings. The molecule has 0 spiro atoms. The van der Waals surface area contributed by atoms with E-state index in [1.165, 1.54) is 13.2 Å². The number of nitrogens with zero attached hydrogens (tertiary/aromatic N) is 2. The number of methoxy groups -OCH3 is 1. The highest BCUT2D eigenvalue weighted by Gasteiger charge is 2.38. The van der Waals surface area contributed by atoms with Crippen molar-refractivity contribution < 1.29 is 22.7 Å². The summed E-state index contributed by atoms with van der Waals surface area (Å²) in [5, 5.41) is 2.88.